The maximum absolute atomic E-state index is 5.73. The normalized spacial score (nSPS) is 16.7. The van der Waals surface area contributed by atoms with Gasteiger partial charge >= 0.3 is 0 Å². The van der Waals surface area contributed by atoms with Crippen LogP contribution in [0.3, 0.4) is 0 Å². The number of nitrogens with one attached hydrogen (secondary N) is 2. The summed E-state index contributed by atoms with van der Waals surface area (Å²) in [5.41, 5.74) is 3.64. The van der Waals surface area contributed by atoms with Crippen molar-refractivity contribution in [3.8, 4) is 0 Å². The maximum atomic E-state index is 5.73. The third kappa shape index (κ3) is 6.74. The average molecular weight is 515 g/mol. The monoisotopic (exact) mass is 515 g/mol. The molecule has 29 heavy (non-hydrogen) atoms. The van der Waals surface area contributed by atoms with Gasteiger partial charge in [-0.15, -0.1) is 24.0 Å². The highest BCUT2D eigenvalue weighted by atomic mass is 127. The third-order valence-corrected chi connectivity index (χ3v) is 5.19. The van der Waals surface area contributed by atoms with E-state index in [1.165, 1.54) is 11.3 Å². The molecule has 2 N–H and O–H groups in total. The molecule has 2 aromatic heterocycles. The highest BCUT2D eigenvalue weighted by Crippen LogP contribution is 2.16. The second-order valence-electron chi connectivity index (χ2n) is 7.14. The van der Waals surface area contributed by atoms with E-state index in [2.05, 4.69) is 29.6 Å². The topological polar surface area (TPSA) is 76.6 Å². The molecule has 0 saturated carbocycles. The summed E-state index contributed by atoms with van der Waals surface area (Å²) in [4.78, 5) is 4.86. The Morgan fingerprint density at radius 1 is 1.31 bits per heavy atom. The molecule has 3 heterocycles. The lowest BCUT2D eigenvalue weighted by Gasteiger charge is -2.15. The highest BCUT2D eigenvalue weighted by molar-refractivity contribution is 14.0. The fourth-order valence-corrected chi connectivity index (χ4v) is 3.68. The first-order chi connectivity index (χ1) is 13.7. The van der Waals surface area contributed by atoms with E-state index in [4.69, 9.17) is 14.1 Å². The van der Waals surface area contributed by atoms with Crippen molar-refractivity contribution >= 4 is 29.9 Å². The van der Waals surface area contributed by atoms with E-state index < -0.39 is 0 Å². The largest absolute Gasteiger partial charge is 0.469 e. The molecule has 162 valence electrons. The minimum atomic E-state index is 0. The number of furan rings is 1. The first-order valence-corrected chi connectivity index (χ1v) is 10.4. The lowest BCUT2D eigenvalue weighted by molar-refractivity contribution is 0.114. The Morgan fingerprint density at radius 3 is 2.83 bits per heavy atom. The summed E-state index contributed by atoms with van der Waals surface area (Å²) < 4.78 is 13.1. The van der Waals surface area contributed by atoms with Crippen LogP contribution in [0.2, 0.25) is 0 Å². The van der Waals surface area contributed by atoms with Crippen molar-refractivity contribution in [1.82, 2.24) is 20.4 Å². The molecular weight excluding hydrogens is 481 g/mol. The smallest absolute Gasteiger partial charge is 0.191 e. The van der Waals surface area contributed by atoms with Crippen LogP contribution in [0.5, 0.6) is 0 Å². The summed E-state index contributed by atoms with van der Waals surface area (Å²) in [6.07, 6.45) is 6.92. The molecule has 3 rings (SSSR count). The van der Waals surface area contributed by atoms with Crippen LogP contribution in [0.4, 0.5) is 0 Å². The molecule has 8 heteroatoms. The van der Waals surface area contributed by atoms with Gasteiger partial charge in [0.1, 0.15) is 5.76 Å². The molecule has 7 nitrogen and oxygen atoms in total. The minimum Gasteiger partial charge on any atom is -0.469 e. The fourth-order valence-electron chi connectivity index (χ4n) is 3.68. The van der Waals surface area contributed by atoms with Crippen LogP contribution in [0.1, 0.15) is 49.4 Å². The van der Waals surface area contributed by atoms with Crippen molar-refractivity contribution < 1.29 is 9.15 Å². The molecule has 1 atom stereocenters. The number of aromatic nitrogens is 2. The van der Waals surface area contributed by atoms with Crippen molar-refractivity contribution in [3.63, 3.8) is 0 Å². The first kappa shape index (κ1) is 23.7. The van der Waals surface area contributed by atoms with Gasteiger partial charge in [-0.25, -0.2) is 4.99 Å². The number of hydrogen-bond acceptors (Lipinski definition) is 4. The van der Waals surface area contributed by atoms with Gasteiger partial charge < -0.3 is 19.8 Å². The molecule has 0 spiro atoms. The maximum Gasteiger partial charge on any atom is 0.191 e. The van der Waals surface area contributed by atoms with Crippen LogP contribution < -0.4 is 10.6 Å². The zero-order valence-electron chi connectivity index (χ0n) is 17.7. The Bertz CT molecular complexity index is 751. The average Bonchev–Trinajstić information content (AvgIpc) is 3.45. The van der Waals surface area contributed by atoms with Crippen molar-refractivity contribution in [2.75, 3.05) is 19.7 Å². The Balaban J connectivity index is 0.00000300. The Hall–Kier alpha value is -1.55. The van der Waals surface area contributed by atoms with Crippen LogP contribution in [-0.4, -0.2) is 41.5 Å². The zero-order valence-corrected chi connectivity index (χ0v) is 20.1. The van der Waals surface area contributed by atoms with Crippen LogP contribution >= 0.6 is 24.0 Å². The lowest BCUT2D eigenvalue weighted by atomic mass is 10.1. The molecule has 1 saturated heterocycles. The Kier molecular flexibility index (Phi) is 9.99. The molecule has 1 unspecified atom stereocenters. The van der Waals surface area contributed by atoms with Crippen molar-refractivity contribution in [2.45, 2.75) is 58.6 Å². The van der Waals surface area contributed by atoms with Crippen molar-refractivity contribution in [2.24, 2.45) is 12.0 Å². The van der Waals surface area contributed by atoms with E-state index in [1.807, 2.05) is 23.9 Å². The summed E-state index contributed by atoms with van der Waals surface area (Å²) in [5, 5.41) is 11.5. The van der Waals surface area contributed by atoms with Crippen LogP contribution in [0.25, 0.3) is 0 Å². The second kappa shape index (κ2) is 12.2. The van der Waals surface area contributed by atoms with Crippen LogP contribution in [-0.2, 0) is 37.6 Å². The molecule has 0 aliphatic carbocycles. The molecule has 0 radical (unpaired) electrons. The lowest BCUT2D eigenvalue weighted by Crippen LogP contribution is -2.42. The van der Waals surface area contributed by atoms with Gasteiger partial charge in [-0.2, -0.15) is 5.10 Å². The van der Waals surface area contributed by atoms with E-state index in [0.717, 1.165) is 69.2 Å². The highest BCUT2D eigenvalue weighted by Gasteiger charge is 2.16. The van der Waals surface area contributed by atoms with E-state index >= 15 is 0 Å². The van der Waals surface area contributed by atoms with Gasteiger partial charge in [-0.3, -0.25) is 4.68 Å². The van der Waals surface area contributed by atoms with E-state index in [-0.39, 0.29) is 30.1 Å². The molecule has 1 aliphatic rings. The summed E-state index contributed by atoms with van der Waals surface area (Å²) in [6, 6.07) is 3.91. The summed E-state index contributed by atoms with van der Waals surface area (Å²) in [5.74, 6) is 1.79. The van der Waals surface area contributed by atoms with Crippen molar-refractivity contribution in [3.05, 3.63) is 41.1 Å². The second-order valence-corrected chi connectivity index (χ2v) is 7.14. The molecule has 0 bridgehead atoms. The molecule has 0 amide bonds. The number of hydrogen-bond donors (Lipinski definition) is 2. The van der Waals surface area contributed by atoms with E-state index in [9.17, 15) is 0 Å². The molecule has 0 aromatic carbocycles. The van der Waals surface area contributed by atoms with Crippen molar-refractivity contribution in [1.29, 1.82) is 0 Å². The van der Waals surface area contributed by atoms with Gasteiger partial charge in [0.15, 0.2) is 5.96 Å². The number of aryl methyl sites for hydroxylation is 2. The summed E-state index contributed by atoms with van der Waals surface area (Å²) in [6.45, 7) is 7.34. The van der Waals surface area contributed by atoms with E-state index in [0.29, 0.717) is 6.54 Å². The number of halogens is 1. The summed E-state index contributed by atoms with van der Waals surface area (Å²) in [7, 11) is 2.02. The molecule has 2 aromatic rings. The SMILES string of the molecule is CCc1nn(C)c(CC)c1CN=C(NCCc1ccco1)NCC1CCCO1.I. The van der Waals surface area contributed by atoms with Gasteiger partial charge in [0.25, 0.3) is 0 Å². The van der Waals surface area contributed by atoms with Gasteiger partial charge in [-0.1, -0.05) is 13.8 Å². The fraction of sp³-hybridized carbons (Fsp3) is 0.619. The first-order valence-electron chi connectivity index (χ1n) is 10.4. The number of ether oxygens (including phenoxy) is 1. The van der Waals surface area contributed by atoms with Gasteiger partial charge in [0.2, 0.25) is 0 Å². The number of nitrogens with zero attached hydrogens (tertiary/aromatic N) is 3. The quantitative estimate of drug-likeness (QED) is 0.305. The van der Waals surface area contributed by atoms with Crippen LogP contribution in [0.15, 0.2) is 27.8 Å². The van der Waals surface area contributed by atoms with Gasteiger partial charge in [0, 0.05) is 44.4 Å². The van der Waals surface area contributed by atoms with Crippen LogP contribution in [0, 0.1) is 0 Å². The zero-order chi connectivity index (χ0) is 19.8. The predicted octanol–water partition coefficient (Wildman–Crippen LogP) is 3.21. The van der Waals surface area contributed by atoms with E-state index in [1.54, 1.807) is 6.26 Å². The predicted molar refractivity (Wildman–Crippen MR) is 126 cm³/mol. The Morgan fingerprint density at radius 2 is 2.17 bits per heavy atom. The Labute approximate surface area is 190 Å². The molecule has 1 aliphatic heterocycles. The van der Waals surface area contributed by atoms with Gasteiger partial charge in [0.05, 0.1) is 24.6 Å². The number of guanidine groups is 1. The molecular formula is C21H34IN5O2. The third-order valence-electron chi connectivity index (χ3n) is 5.19. The molecule has 1 fully saturated rings. The standard InChI is InChI=1S/C21H33N5O2.HI/c1-4-19-18(20(5-2)26(3)25-19)15-24-21(23-14-17-9-7-13-28-17)22-11-10-16-8-6-12-27-16;/h6,8,12,17H,4-5,7,9-11,13-15H2,1-3H3,(H2,22,23,24);1H. The summed E-state index contributed by atoms with van der Waals surface area (Å²) >= 11 is 0. The van der Waals surface area contributed by atoms with Gasteiger partial charge in [-0.05, 0) is 37.8 Å². The number of rotatable bonds is 9. The minimum absolute atomic E-state index is 0. The number of aliphatic imine (C=N–C) groups is 1.